The molecule has 0 bridgehead atoms. The lowest BCUT2D eigenvalue weighted by molar-refractivity contribution is 0.490. The average Bonchev–Trinajstić information content (AvgIpc) is 2.40. The molecule has 2 unspecified atom stereocenters. The van der Waals surface area contributed by atoms with Crippen molar-refractivity contribution in [1.29, 1.82) is 0 Å². The van der Waals surface area contributed by atoms with Crippen molar-refractivity contribution in [2.24, 2.45) is 10.9 Å². The van der Waals surface area contributed by atoms with Gasteiger partial charge in [0.1, 0.15) is 0 Å². The first-order chi connectivity index (χ1) is 9.06. The molecule has 1 aliphatic rings. The van der Waals surface area contributed by atoms with E-state index in [1.54, 1.807) is 0 Å². The molecule has 104 valence electrons. The number of hydrogen-bond acceptors (Lipinski definition) is 2. The van der Waals surface area contributed by atoms with E-state index in [0.29, 0.717) is 17.9 Å². The lowest BCUT2D eigenvalue weighted by Crippen LogP contribution is -2.41. The smallest absolute Gasteiger partial charge is 0.157 e. The van der Waals surface area contributed by atoms with E-state index in [2.05, 4.69) is 62.3 Å². The first-order valence-electron chi connectivity index (χ1n) is 7.09. The van der Waals surface area contributed by atoms with Crippen LogP contribution in [0.4, 0.5) is 0 Å². The molecule has 0 amide bonds. The van der Waals surface area contributed by atoms with Gasteiger partial charge in [-0.3, -0.25) is 4.99 Å². The van der Waals surface area contributed by atoms with Crippen LogP contribution < -0.4 is 5.32 Å². The summed E-state index contributed by atoms with van der Waals surface area (Å²) >= 11 is 1.84. The zero-order valence-corrected chi connectivity index (χ0v) is 13.1. The number of amidine groups is 1. The molecule has 1 aliphatic heterocycles. The molecule has 0 spiro atoms. The van der Waals surface area contributed by atoms with Gasteiger partial charge in [-0.05, 0) is 29.9 Å². The third-order valence-electron chi connectivity index (χ3n) is 3.74. The summed E-state index contributed by atoms with van der Waals surface area (Å²) in [4.78, 5) is 4.68. The third-order valence-corrected chi connectivity index (χ3v) is 4.95. The largest absolute Gasteiger partial charge is 0.362 e. The lowest BCUT2D eigenvalue weighted by Gasteiger charge is -2.28. The molecular formula is C16H24N2S. The van der Waals surface area contributed by atoms with Crippen LogP contribution in [0.3, 0.4) is 0 Å². The second kappa shape index (κ2) is 6.47. The summed E-state index contributed by atoms with van der Waals surface area (Å²) in [6, 6.07) is 9.35. The minimum absolute atomic E-state index is 0.531. The quantitative estimate of drug-likeness (QED) is 0.901. The Morgan fingerprint density at radius 2 is 1.95 bits per heavy atom. The zero-order chi connectivity index (χ0) is 13.8. The molecule has 1 N–H and O–H groups in total. The Morgan fingerprint density at radius 1 is 1.26 bits per heavy atom. The Balaban J connectivity index is 1.94. The highest BCUT2D eigenvalue weighted by Gasteiger charge is 2.20. The van der Waals surface area contributed by atoms with Crippen LogP contribution in [0.15, 0.2) is 29.3 Å². The average molecular weight is 276 g/mol. The Bertz CT molecular complexity index is 437. The number of benzene rings is 1. The van der Waals surface area contributed by atoms with Crippen LogP contribution in [0.5, 0.6) is 0 Å². The maximum atomic E-state index is 4.68. The Hall–Kier alpha value is -0.960. The molecule has 0 saturated carbocycles. The Morgan fingerprint density at radius 3 is 2.53 bits per heavy atom. The fourth-order valence-corrected chi connectivity index (χ4v) is 3.13. The van der Waals surface area contributed by atoms with Gasteiger partial charge in [0.05, 0.1) is 6.54 Å². The number of nitrogens with one attached hydrogen (secondary N) is 1. The molecule has 1 fully saturated rings. The van der Waals surface area contributed by atoms with Crippen LogP contribution in [-0.4, -0.2) is 17.0 Å². The van der Waals surface area contributed by atoms with E-state index in [9.17, 15) is 0 Å². The predicted molar refractivity (Wildman–Crippen MR) is 85.9 cm³/mol. The number of hydrogen-bond donors (Lipinski definition) is 1. The molecule has 0 aliphatic carbocycles. The van der Waals surface area contributed by atoms with E-state index in [1.807, 2.05) is 11.8 Å². The van der Waals surface area contributed by atoms with Crippen LogP contribution in [-0.2, 0) is 6.54 Å². The minimum Gasteiger partial charge on any atom is -0.362 e. The van der Waals surface area contributed by atoms with Gasteiger partial charge in [0.25, 0.3) is 0 Å². The zero-order valence-electron chi connectivity index (χ0n) is 12.3. The van der Waals surface area contributed by atoms with Crippen molar-refractivity contribution in [3.05, 3.63) is 35.4 Å². The predicted octanol–water partition coefficient (Wildman–Crippen LogP) is 4.03. The van der Waals surface area contributed by atoms with Crippen LogP contribution in [0.25, 0.3) is 0 Å². The molecule has 0 radical (unpaired) electrons. The van der Waals surface area contributed by atoms with Crippen molar-refractivity contribution >= 4 is 16.9 Å². The van der Waals surface area contributed by atoms with Gasteiger partial charge in [0.2, 0.25) is 0 Å². The summed E-state index contributed by atoms with van der Waals surface area (Å²) < 4.78 is 0. The van der Waals surface area contributed by atoms with Crippen molar-refractivity contribution in [3.63, 3.8) is 0 Å². The highest BCUT2D eigenvalue weighted by molar-refractivity contribution is 8.13. The molecule has 2 atom stereocenters. The first kappa shape index (κ1) is 14.4. The molecule has 19 heavy (non-hydrogen) atoms. The fourth-order valence-electron chi connectivity index (χ4n) is 2.00. The van der Waals surface area contributed by atoms with Gasteiger partial charge in [-0.25, -0.2) is 0 Å². The molecule has 3 heteroatoms. The van der Waals surface area contributed by atoms with Gasteiger partial charge in [0, 0.05) is 11.8 Å². The van der Waals surface area contributed by atoms with E-state index in [0.717, 1.165) is 11.7 Å². The maximum Gasteiger partial charge on any atom is 0.157 e. The summed E-state index contributed by atoms with van der Waals surface area (Å²) in [5.41, 5.74) is 2.68. The second-order valence-corrected chi connectivity index (χ2v) is 6.75. The van der Waals surface area contributed by atoms with Gasteiger partial charge < -0.3 is 5.32 Å². The highest BCUT2D eigenvalue weighted by atomic mass is 32.2. The van der Waals surface area contributed by atoms with E-state index in [-0.39, 0.29) is 0 Å². The van der Waals surface area contributed by atoms with E-state index in [1.165, 1.54) is 16.9 Å². The number of nitrogens with zero attached hydrogens (tertiary/aromatic N) is 1. The Labute approximate surface area is 121 Å². The van der Waals surface area contributed by atoms with Crippen molar-refractivity contribution < 1.29 is 0 Å². The Kier molecular flexibility index (Phi) is 4.92. The monoisotopic (exact) mass is 276 g/mol. The van der Waals surface area contributed by atoms with E-state index < -0.39 is 0 Å². The van der Waals surface area contributed by atoms with E-state index in [4.69, 9.17) is 0 Å². The van der Waals surface area contributed by atoms with Gasteiger partial charge >= 0.3 is 0 Å². The van der Waals surface area contributed by atoms with Gasteiger partial charge in [-0.15, -0.1) is 0 Å². The normalized spacial score (nSPS) is 25.6. The highest BCUT2D eigenvalue weighted by Crippen LogP contribution is 2.20. The molecule has 1 aromatic rings. The van der Waals surface area contributed by atoms with Crippen LogP contribution in [0.2, 0.25) is 0 Å². The number of aliphatic imine (C=N–C) groups is 1. The topological polar surface area (TPSA) is 24.4 Å². The molecule has 1 heterocycles. The fraction of sp³-hybridized carbons (Fsp3) is 0.562. The summed E-state index contributed by atoms with van der Waals surface area (Å²) in [7, 11) is 0. The SMILES string of the molecule is CC(C)c1ccc(CN=C2NC(C)C(C)CS2)cc1. The molecule has 2 rings (SSSR count). The van der Waals surface area contributed by atoms with Crippen LogP contribution >= 0.6 is 11.8 Å². The van der Waals surface area contributed by atoms with Gasteiger partial charge in [-0.2, -0.15) is 0 Å². The minimum atomic E-state index is 0.531. The molecule has 0 aromatic heterocycles. The van der Waals surface area contributed by atoms with E-state index >= 15 is 0 Å². The first-order valence-corrected chi connectivity index (χ1v) is 8.07. The van der Waals surface area contributed by atoms with Gasteiger partial charge in [-0.1, -0.05) is 56.8 Å². The van der Waals surface area contributed by atoms with Crippen LogP contribution in [0, 0.1) is 5.92 Å². The number of rotatable bonds is 3. The van der Waals surface area contributed by atoms with Crippen molar-refractivity contribution in [1.82, 2.24) is 5.32 Å². The second-order valence-electron chi connectivity index (χ2n) is 5.74. The number of thioether (sulfide) groups is 1. The molecule has 2 nitrogen and oxygen atoms in total. The summed E-state index contributed by atoms with van der Waals surface area (Å²) in [5, 5.41) is 4.57. The standard InChI is InChI=1S/C16H24N2S/c1-11(2)15-7-5-14(6-8-15)9-17-16-18-13(4)12(3)10-19-16/h5-8,11-13H,9-10H2,1-4H3,(H,17,18). The van der Waals surface area contributed by atoms with Crippen LogP contribution in [0.1, 0.15) is 44.7 Å². The summed E-state index contributed by atoms with van der Waals surface area (Å²) in [6.45, 7) is 9.74. The third kappa shape index (κ3) is 4.00. The maximum absolute atomic E-state index is 4.68. The van der Waals surface area contributed by atoms with Gasteiger partial charge in [0.15, 0.2) is 5.17 Å². The van der Waals surface area contributed by atoms with Crippen molar-refractivity contribution in [3.8, 4) is 0 Å². The summed E-state index contributed by atoms with van der Waals surface area (Å²) in [6.07, 6.45) is 0. The molecule has 1 saturated heterocycles. The molecular weight excluding hydrogens is 252 g/mol. The lowest BCUT2D eigenvalue weighted by atomic mass is 10.0. The van der Waals surface area contributed by atoms with Crippen molar-refractivity contribution in [2.45, 2.75) is 46.2 Å². The molecule has 1 aromatic carbocycles. The summed E-state index contributed by atoms with van der Waals surface area (Å²) in [5.74, 6) is 2.48. The van der Waals surface area contributed by atoms with Crippen molar-refractivity contribution in [2.75, 3.05) is 5.75 Å².